The molecule has 0 saturated carbocycles. The maximum atomic E-state index is 12.9. The van der Waals surface area contributed by atoms with Crippen LogP contribution in [0.3, 0.4) is 0 Å². The van der Waals surface area contributed by atoms with E-state index in [0.29, 0.717) is 5.76 Å². The van der Waals surface area contributed by atoms with Crippen LogP contribution in [0.1, 0.15) is 76.2 Å². The third-order valence-corrected chi connectivity index (χ3v) is 8.00. The van der Waals surface area contributed by atoms with Crippen LogP contribution in [0.5, 0.6) is 0 Å². The van der Waals surface area contributed by atoms with Crippen LogP contribution in [-0.4, -0.2) is 101 Å². The zero-order valence-corrected chi connectivity index (χ0v) is 36.7. The van der Waals surface area contributed by atoms with Gasteiger partial charge in [0.15, 0.2) is 0 Å². The van der Waals surface area contributed by atoms with Crippen molar-refractivity contribution in [2.24, 2.45) is 16.2 Å². The van der Waals surface area contributed by atoms with Gasteiger partial charge in [-0.3, -0.25) is 19.2 Å². The fourth-order valence-electron chi connectivity index (χ4n) is 3.31. The second-order valence-electron chi connectivity index (χ2n) is 15.1. The minimum absolute atomic E-state index is 0.00852. The molecule has 0 aromatic heterocycles. The molecule has 0 N–H and O–H groups in total. The van der Waals surface area contributed by atoms with Gasteiger partial charge in [0.25, 0.3) is 0 Å². The highest BCUT2D eigenvalue weighted by Crippen LogP contribution is 2.32. The van der Waals surface area contributed by atoms with E-state index in [9.17, 15) is 19.2 Å². The summed E-state index contributed by atoms with van der Waals surface area (Å²) in [5.74, 6) is -1.80. The number of esters is 4. The van der Waals surface area contributed by atoms with E-state index in [1.165, 1.54) is 7.11 Å². The standard InChI is InChI=1S/C33H54Br4O11/c1-22(28(5,6)34)44-17-32(14-42-13,18-45-23(38)27(2,3)4)15-43-16-33(19-46-24(39)29(7,8)35,20-47-25(40)30(9,10)36)21-48-26(41)31(11,12)37/h1,14-21H2,2-13H3. The van der Waals surface area contributed by atoms with E-state index >= 15 is 0 Å². The van der Waals surface area contributed by atoms with Crippen molar-refractivity contribution in [3.8, 4) is 0 Å². The Morgan fingerprint density at radius 2 is 0.750 bits per heavy atom. The molecule has 0 rings (SSSR count). The summed E-state index contributed by atoms with van der Waals surface area (Å²) < 4.78 is 37.0. The SMILES string of the molecule is C=C(OCC(COC)(COCC(COC(=O)C(C)(C)Br)(COC(=O)C(C)(C)Br)COC(=O)C(C)(C)Br)COC(=O)C(C)(C)C)C(C)(C)Br. The molecular formula is C33H54Br4O11. The molecule has 15 heteroatoms. The van der Waals surface area contributed by atoms with Crippen molar-refractivity contribution >= 4 is 87.6 Å². The Morgan fingerprint density at radius 1 is 0.458 bits per heavy atom. The first-order valence-corrected chi connectivity index (χ1v) is 18.4. The molecule has 0 heterocycles. The molecule has 0 saturated heterocycles. The van der Waals surface area contributed by atoms with Gasteiger partial charge in [0.05, 0.1) is 40.4 Å². The summed E-state index contributed by atoms with van der Waals surface area (Å²) in [6, 6.07) is 0. The number of allylic oxidation sites excluding steroid dienone is 1. The summed E-state index contributed by atoms with van der Waals surface area (Å²) in [5, 5.41) is 0. The average Bonchev–Trinajstić information content (AvgIpc) is 2.91. The maximum Gasteiger partial charge on any atom is 0.322 e. The number of alkyl halides is 4. The number of ether oxygens (including phenoxy) is 7. The van der Waals surface area contributed by atoms with Crippen LogP contribution in [0, 0.1) is 16.2 Å². The van der Waals surface area contributed by atoms with Gasteiger partial charge in [-0.25, -0.2) is 0 Å². The third kappa shape index (κ3) is 17.5. The Labute approximate surface area is 320 Å². The van der Waals surface area contributed by atoms with Crippen LogP contribution in [-0.2, 0) is 52.3 Å². The lowest BCUT2D eigenvalue weighted by molar-refractivity contribution is -0.174. The normalized spacial score (nSPS) is 14.4. The fourth-order valence-corrected chi connectivity index (χ4v) is 3.77. The van der Waals surface area contributed by atoms with Gasteiger partial charge in [-0.05, 0) is 76.2 Å². The first-order chi connectivity index (χ1) is 21.4. The number of rotatable bonds is 21. The summed E-state index contributed by atoms with van der Waals surface area (Å²) >= 11 is 13.4. The highest BCUT2D eigenvalue weighted by molar-refractivity contribution is 9.10. The highest BCUT2D eigenvalue weighted by Gasteiger charge is 2.43. The molecule has 0 radical (unpaired) electrons. The van der Waals surface area contributed by atoms with E-state index in [4.69, 9.17) is 33.2 Å². The maximum absolute atomic E-state index is 12.9. The smallest absolute Gasteiger partial charge is 0.322 e. The molecule has 0 amide bonds. The molecule has 0 aliphatic rings. The van der Waals surface area contributed by atoms with Gasteiger partial charge >= 0.3 is 23.9 Å². The van der Waals surface area contributed by atoms with E-state index in [2.05, 4.69) is 70.3 Å². The summed E-state index contributed by atoms with van der Waals surface area (Å²) in [4.78, 5) is 51.4. The predicted octanol–water partition coefficient (Wildman–Crippen LogP) is 7.07. The largest absolute Gasteiger partial charge is 0.496 e. The van der Waals surface area contributed by atoms with Crippen LogP contribution in [0.25, 0.3) is 0 Å². The first-order valence-electron chi connectivity index (χ1n) is 15.2. The molecule has 0 aromatic rings. The van der Waals surface area contributed by atoms with Gasteiger partial charge in [-0.2, -0.15) is 0 Å². The molecule has 48 heavy (non-hydrogen) atoms. The van der Waals surface area contributed by atoms with Crippen molar-refractivity contribution in [3.63, 3.8) is 0 Å². The fraction of sp³-hybridized carbons (Fsp3) is 0.818. The van der Waals surface area contributed by atoms with Crippen molar-refractivity contribution in [3.05, 3.63) is 12.3 Å². The Hall–Kier alpha value is -0.740. The van der Waals surface area contributed by atoms with Crippen LogP contribution in [0.15, 0.2) is 12.3 Å². The van der Waals surface area contributed by atoms with Gasteiger partial charge < -0.3 is 33.2 Å². The zero-order valence-electron chi connectivity index (χ0n) is 30.4. The molecule has 0 fully saturated rings. The van der Waals surface area contributed by atoms with Crippen LogP contribution >= 0.6 is 63.7 Å². The van der Waals surface area contributed by atoms with Crippen LogP contribution in [0.2, 0.25) is 0 Å². The van der Waals surface area contributed by atoms with Gasteiger partial charge in [0.1, 0.15) is 51.8 Å². The number of hydrogen-bond acceptors (Lipinski definition) is 11. The Kier molecular flexibility index (Phi) is 18.4. The number of carbonyl (C=O) groups is 4. The number of carbonyl (C=O) groups excluding carboxylic acids is 4. The number of methoxy groups -OCH3 is 1. The van der Waals surface area contributed by atoms with E-state index in [1.54, 1.807) is 62.3 Å². The first kappa shape index (κ1) is 47.3. The van der Waals surface area contributed by atoms with Gasteiger partial charge in [0, 0.05) is 7.11 Å². The van der Waals surface area contributed by atoms with Gasteiger partial charge in [0.2, 0.25) is 0 Å². The molecule has 11 nitrogen and oxygen atoms in total. The van der Waals surface area contributed by atoms with Crippen molar-refractivity contribution in [1.29, 1.82) is 0 Å². The summed E-state index contributed by atoms with van der Waals surface area (Å²) in [6.45, 7) is 21.3. The molecule has 0 spiro atoms. The van der Waals surface area contributed by atoms with Crippen molar-refractivity contribution in [2.75, 3.05) is 60.0 Å². The second-order valence-corrected chi connectivity index (χ2v) is 23.0. The minimum atomic E-state index is -1.36. The molecule has 280 valence electrons. The van der Waals surface area contributed by atoms with Crippen LogP contribution in [0.4, 0.5) is 0 Å². The van der Waals surface area contributed by atoms with Crippen molar-refractivity contribution in [2.45, 2.75) is 93.5 Å². The molecule has 0 aromatic carbocycles. The topological polar surface area (TPSA) is 133 Å². The van der Waals surface area contributed by atoms with E-state index < -0.39 is 57.4 Å². The lowest BCUT2D eigenvalue weighted by Gasteiger charge is -2.37. The molecule has 1 atom stereocenters. The summed E-state index contributed by atoms with van der Waals surface area (Å²) in [6.07, 6.45) is 0. The Bertz CT molecular complexity index is 1000. The minimum Gasteiger partial charge on any atom is -0.496 e. The molecule has 1 unspecified atom stereocenters. The van der Waals surface area contributed by atoms with E-state index in [1.807, 2.05) is 13.8 Å². The quantitative estimate of drug-likeness (QED) is 0.0507. The van der Waals surface area contributed by atoms with E-state index in [0.717, 1.165) is 0 Å². The predicted molar refractivity (Wildman–Crippen MR) is 198 cm³/mol. The monoisotopic (exact) mass is 942 g/mol. The Morgan fingerprint density at radius 3 is 1.02 bits per heavy atom. The molecule has 0 aliphatic carbocycles. The lowest BCUT2D eigenvalue weighted by atomic mass is 9.89. The summed E-state index contributed by atoms with van der Waals surface area (Å²) in [7, 11) is 1.50. The van der Waals surface area contributed by atoms with Gasteiger partial charge in [-0.1, -0.05) is 70.3 Å². The van der Waals surface area contributed by atoms with Gasteiger partial charge in [-0.15, -0.1) is 0 Å². The molecular weight excluding hydrogens is 892 g/mol. The van der Waals surface area contributed by atoms with Crippen LogP contribution < -0.4 is 0 Å². The molecule has 0 bridgehead atoms. The second kappa shape index (κ2) is 18.7. The van der Waals surface area contributed by atoms with E-state index in [-0.39, 0.29) is 52.9 Å². The Balaban J connectivity index is 6.71. The lowest BCUT2D eigenvalue weighted by Crippen LogP contribution is -2.48. The zero-order chi connectivity index (χ0) is 38.0. The third-order valence-electron chi connectivity index (χ3n) is 6.59. The summed E-state index contributed by atoms with van der Waals surface area (Å²) in [5.41, 5.74) is -3.18. The number of hydrogen-bond donors (Lipinski definition) is 0. The highest BCUT2D eigenvalue weighted by atomic mass is 79.9. The average molecular weight is 946 g/mol. The van der Waals surface area contributed by atoms with Crippen molar-refractivity contribution < 1.29 is 52.3 Å². The number of halogens is 4. The van der Waals surface area contributed by atoms with Crippen molar-refractivity contribution in [1.82, 2.24) is 0 Å². The molecule has 0 aliphatic heterocycles.